The van der Waals surface area contributed by atoms with E-state index < -0.39 is 10.1 Å². The highest BCUT2D eigenvalue weighted by Gasteiger charge is 2.32. The number of aryl methyl sites for hydroxylation is 1. The molecule has 0 atom stereocenters. The molecule has 0 unspecified atom stereocenters. The second-order valence-electron chi connectivity index (χ2n) is 6.97. The van der Waals surface area contributed by atoms with Crippen molar-refractivity contribution in [3.8, 4) is 22.9 Å². The van der Waals surface area contributed by atoms with E-state index in [1.54, 1.807) is 37.4 Å². The van der Waals surface area contributed by atoms with Crippen LogP contribution in [0.4, 0.5) is 11.4 Å². The molecule has 0 radical (unpaired) electrons. The first-order valence-corrected chi connectivity index (χ1v) is 11.5. The summed E-state index contributed by atoms with van der Waals surface area (Å²) in [6, 6.07) is 14.5. The number of hydrogen-bond acceptors (Lipinski definition) is 7. The Hall–Kier alpha value is -2.97. The predicted octanol–water partition coefficient (Wildman–Crippen LogP) is 5.01. The van der Waals surface area contributed by atoms with Crippen molar-refractivity contribution in [3.63, 3.8) is 0 Å². The molecule has 2 heterocycles. The van der Waals surface area contributed by atoms with Crippen LogP contribution in [0.3, 0.4) is 0 Å². The van der Waals surface area contributed by atoms with Gasteiger partial charge in [0, 0.05) is 17.5 Å². The summed E-state index contributed by atoms with van der Waals surface area (Å²) in [5.41, 5.74) is 2.52. The van der Waals surface area contributed by atoms with Crippen LogP contribution < -0.4 is 9.80 Å². The zero-order chi connectivity index (χ0) is 21.1. The van der Waals surface area contributed by atoms with E-state index in [1.165, 1.54) is 5.06 Å². The van der Waals surface area contributed by atoms with Gasteiger partial charge >= 0.3 is 0 Å². The number of anilines is 2. The van der Waals surface area contributed by atoms with Gasteiger partial charge in [-0.05, 0) is 43.2 Å². The van der Waals surface area contributed by atoms with E-state index in [-0.39, 0.29) is 5.75 Å². The molecule has 0 spiro atoms. The van der Waals surface area contributed by atoms with Gasteiger partial charge in [-0.2, -0.15) is 13.5 Å². The van der Waals surface area contributed by atoms with E-state index >= 15 is 0 Å². The number of aromatic nitrogens is 2. The van der Waals surface area contributed by atoms with Crippen molar-refractivity contribution in [2.24, 2.45) is 0 Å². The number of nitrogens with zero attached hydrogens (tertiary/aromatic N) is 3. The lowest BCUT2D eigenvalue weighted by atomic mass is 10.1. The summed E-state index contributed by atoms with van der Waals surface area (Å²) >= 11 is 0. The average molecular weight is 426 g/mol. The molecule has 0 bridgehead atoms. The summed E-state index contributed by atoms with van der Waals surface area (Å²) in [5, 5.41) is 1.32. The second-order valence-corrected chi connectivity index (χ2v) is 8.65. The molecule has 3 aromatic rings. The average Bonchev–Trinajstić information content (AvgIpc) is 2.73. The van der Waals surface area contributed by atoms with Crippen LogP contribution in [0.25, 0.3) is 11.4 Å². The highest BCUT2D eigenvalue weighted by atomic mass is 32.2. The molecule has 4 rings (SSSR count). The predicted molar refractivity (Wildman–Crippen MR) is 115 cm³/mol. The summed E-state index contributed by atoms with van der Waals surface area (Å²) in [6.07, 6.45) is 3.95. The van der Waals surface area contributed by atoms with E-state index in [9.17, 15) is 8.42 Å². The Labute approximate surface area is 176 Å². The number of benzene rings is 2. The van der Waals surface area contributed by atoms with Crippen LogP contribution in [0.15, 0.2) is 54.7 Å². The molecule has 8 heteroatoms. The first kappa shape index (κ1) is 20.3. The topological polar surface area (TPSA) is 81.6 Å². The highest BCUT2D eigenvalue weighted by Crippen LogP contribution is 2.50. The third-order valence-corrected chi connectivity index (χ3v) is 5.89. The van der Waals surface area contributed by atoms with E-state index in [0.717, 1.165) is 18.5 Å². The Balaban J connectivity index is 1.88. The zero-order valence-corrected chi connectivity index (χ0v) is 17.7. The molecule has 1 aliphatic heterocycles. The molecule has 0 fully saturated rings. The SMILES string of the molecule is CCCc1ccnc(-c2cccc3c2N(OS(=O)(=O)CCC)c2ccccc2O3)n1. The van der Waals surface area contributed by atoms with E-state index in [4.69, 9.17) is 9.02 Å². The molecule has 30 heavy (non-hydrogen) atoms. The van der Waals surface area contributed by atoms with E-state index in [1.807, 2.05) is 24.3 Å². The van der Waals surface area contributed by atoms with Gasteiger partial charge in [0.25, 0.3) is 10.1 Å². The molecule has 0 aliphatic carbocycles. The van der Waals surface area contributed by atoms with Crippen molar-refractivity contribution in [2.45, 2.75) is 33.1 Å². The molecule has 0 saturated heterocycles. The second kappa shape index (κ2) is 8.41. The van der Waals surface area contributed by atoms with Gasteiger partial charge in [0.2, 0.25) is 0 Å². The molecule has 2 aromatic carbocycles. The lowest BCUT2D eigenvalue weighted by molar-refractivity contribution is 0.308. The standard InChI is InChI=1S/C22H23N3O4S/c1-3-8-16-13-14-23-22(24-16)17-9-7-12-20-21(17)25(29-30(26,27)15-4-2)18-10-5-6-11-19(18)28-20/h5-7,9-14H,3-4,8,15H2,1-2H3. The normalized spacial score (nSPS) is 12.8. The van der Waals surface area contributed by atoms with Crippen LogP contribution in [-0.4, -0.2) is 24.1 Å². The van der Waals surface area contributed by atoms with Crippen LogP contribution in [0, 0.1) is 0 Å². The molecule has 7 nitrogen and oxygen atoms in total. The minimum atomic E-state index is -3.80. The van der Waals surface area contributed by atoms with Gasteiger partial charge in [-0.15, -0.1) is 4.28 Å². The highest BCUT2D eigenvalue weighted by molar-refractivity contribution is 7.86. The number of fused-ring (bicyclic) bond motifs is 2. The Morgan fingerprint density at radius 3 is 2.60 bits per heavy atom. The Kier molecular flexibility index (Phi) is 5.69. The molecule has 1 aliphatic rings. The minimum Gasteiger partial charge on any atom is -0.453 e. The van der Waals surface area contributed by atoms with Crippen LogP contribution in [0.2, 0.25) is 0 Å². The van der Waals surface area contributed by atoms with Crippen molar-refractivity contribution >= 4 is 21.5 Å². The summed E-state index contributed by atoms with van der Waals surface area (Å²) in [6.45, 7) is 3.88. The van der Waals surface area contributed by atoms with Crippen LogP contribution in [0.5, 0.6) is 11.5 Å². The van der Waals surface area contributed by atoms with E-state index in [2.05, 4.69) is 16.9 Å². The zero-order valence-electron chi connectivity index (χ0n) is 16.9. The Bertz CT molecular complexity index is 1160. The number of ether oxygens (including phenoxy) is 1. The molecule has 156 valence electrons. The fourth-order valence-corrected chi connectivity index (χ4v) is 4.30. The lowest BCUT2D eigenvalue weighted by Gasteiger charge is -2.32. The van der Waals surface area contributed by atoms with Crippen LogP contribution in [0.1, 0.15) is 32.4 Å². The fraction of sp³-hybridized carbons (Fsp3) is 0.273. The summed E-state index contributed by atoms with van der Waals surface area (Å²) in [5.74, 6) is 1.38. The van der Waals surface area contributed by atoms with Crippen molar-refractivity contribution in [3.05, 3.63) is 60.4 Å². The van der Waals surface area contributed by atoms with Gasteiger partial charge < -0.3 is 4.74 Å². The van der Waals surface area contributed by atoms with Gasteiger partial charge in [-0.3, -0.25) is 0 Å². The van der Waals surface area contributed by atoms with Gasteiger partial charge in [-0.1, -0.05) is 38.5 Å². The van der Waals surface area contributed by atoms with Crippen LogP contribution in [-0.2, 0) is 20.8 Å². The van der Waals surface area contributed by atoms with Gasteiger partial charge in [0.15, 0.2) is 17.3 Å². The number of para-hydroxylation sites is 3. The largest absolute Gasteiger partial charge is 0.453 e. The number of hydrogen-bond donors (Lipinski definition) is 0. The fourth-order valence-electron chi connectivity index (χ4n) is 3.34. The van der Waals surface area contributed by atoms with Gasteiger partial charge in [0.1, 0.15) is 11.4 Å². The lowest BCUT2D eigenvalue weighted by Crippen LogP contribution is -2.27. The third kappa shape index (κ3) is 4.01. The quantitative estimate of drug-likeness (QED) is 0.526. The van der Waals surface area contributed by atoms with Crippen molar-refractivity contribution in [1.82, 2.24) is 9.97 Å². The van der Waals surface area contributed by atoms with Crippen molar-refractivity contribution < 1.29 is 17.4 Å². The summed E-state index contributed by atoms with van der Waals surface area (Å²) < 4.78 is 36.8. The third-order valence-electron chi connectivity index (χ3n) is 4.61. The monoisotopic (exact) mass is 425 g/mol. The Morgan fingerprint density at radius 1 is 1.00 bits per heavy atom. The minimum absolute atomic E-state index is 0.0908. The number of rotatable bonds is 7. The smallest absolute Gasteiger partial charge is 0.288 e. The molecule has 0 amide bonds. The maximum atomic E-state index is 12.6. The van der Waals surface area contributed by atoms with E-state index in [0.29, 0.717) is 40.7 Å². The van der Waals surface area contributed by atoms with Crippen molar-refractivity contribution in [2.75, 3.05) is 10.8 Å². The maximum Gasteiger partial charge on any atom is 0.288 e. The molecule has 0 N–H and O–H groups in total. The summed E-state index contributed by atoms with van der Waals surface area (Å²) in [4.78, 5) is 9.09. The molecule has 1 aromatic heterocycles. The van der Waals surface area contributed by atoms with Gasteiger partial charge in [-0.25, -0.2) is 9.97 Å². The summed E-state index contributed by atoms with van der Waals surface area (Å²) in [7, 11) is -3.80. The molecule has 0 saturated carbocycles. The van der Waals surface area contributed by atoms with Crippen LogP contribution >= 0.6 is 0 Å². The Morgan fingerprint density at radius 2 is 1.80 bits per heavy atom. The van der Waals surface area contributed by atoms with Gasteiger partial charge in [0.05, 0.1) is 5.75 Å². The maximum absolute atomic E-state index is 12.6. The first-order chi connectivity index (χ1) is 14.5. The molecular weight excluding hydrogens is 402 g/mol. The molecular formula is C22H23N3O4S. The first-order valence-electron chi connectivity index (χ1n) is 9.97. The van der Waals surface area contributed by atoms with Crippen molar-refractivity contribution in [1.29, 1.82) is 0 Å².